The van der Waals surface area contributed by atoms with Gasteiger partial charge in [-0.2, -0.15) is 5.10 Å². The van der Waals surface area contributed by atoms with Gasteiger partial charge in [0.25, 0.3) is 5.79 Å². The summed E-state index contributed by atoms with van der Waals surface area (Å²) in [5.74, 6) is -4.12. The van der Waals surface area contributed by atoms with E-state index in [1.807, 2.05) is 0 Å². The van der Waals surface area contributed by atoms with Crippen LogP contribution < -0.4 is 5.32 Å². The molecule has 0 bridgehead atoms. The number of carbonyl (C=O) groups is 3. The number of esters is 2. The lowest BCUT2D eigenvalue weighted by Gasteiger charge is -2.29. The Kier molecular flexibility index (Phi) is 3.48. The fraction of sp³-hybridized carbons (Fsp3) is 0.200. The number of nitrogens with one attached hydrogen (secondary N) is 2. The van der Waals surface area contributed by atoms with E-state index in [4.69, 9.17) is 9.47 Å². The zero-order chi connectivity index (χ0) is 17.5. The molecule has 0 spiro atoms. The SMILES string of the molecule is CC1(C)OC(=O)C(=CNc2cc(C(=O)O)c3[nH]ncc3c2)C(=O)O1. The second kappa shape index (κ2) is 5.37. The second-order valence-corrected chi connectivity index (χ2v) is 5.54. The summed E-state index contributed by atoms with van der Waals surface area (Å²) in [5.41, 5.74) is 0.414. The van der Waals surface area contributed by atoms with Crippen molar-refractivity contribution >= 4 is 34.5 Å². The van der Waals surface area contributed by atoms with Crippen LogP contribution in [0.2, 0.25) is 0 Å². The number of aromatic nitrogens is 2. The number of cyclic esters (lactones) is 2. The summed E-state index contributed by atoms with van der Waals surface area (Å²) in [6.45, 7) is 2.89. The van der Waals surface area contributed by atoms with Crippen molar-refractivity contribution in [1.29, 1.82) is 0 Å². The van der Waals surface area contributed by atoms with Crippen LogP contribution in [0, 0.1) is 0 Å². The Morgan fingerprint density at radius 3 is 2.58 bits per heavy atom. The number of anilines is 1. The Labute approximate surface area is 135 Å². The fourth-order valence-corrected chi connectivity index (χ4v) is 2.24. The van der Waals surface area contributed by atoms with Crippen molar-refractivity contribution in [1.82, 2.24) is 10.2 Å². The number of hydrogen-bond donors (Lipinski definition) is 3. The van der Waals surface area contributed by atoms with Gasteiger partial charge in [0.1, 0.15) is 0 Å². The summed E-state index contributed by atoms with van der Waals surface area (Å²) in [6.07, 6.45) is 2.58. The lowest BCUT2D eigenvalue weighted by atomic mass is 10.1. The Balaban J connectivity index is 1.92. The minimum Gasteiger partial charge on any atom is -0.478 e. The third-order valence-electron chi connectivity index (χ3n) is 3.28. The van der Waals surface area contributed by atoms with E-state index in [0.717, 1.165) is 6.20 Å². The number of rotatable bonds is 3. The molecule has 1 aliphatic rings. The van der Waals surface area contributed by atoms with Crippen molar-refractivity contribution < 1.29 is 29.0 Å². The molecule has 0 aliphatic carbocycles. The van der Waals surface area contributed by atoms with Crippen LogP contribution in [0.15, 0.2) is 30.1 Å². The third kappa shape index (κ3) is 2.78. The van der Waals surface area contributed by atoms with E-state index in [2.05, 4.69) is 15.5 Å². The van der Waals surface area contributed by atoms with Crippen molar-refractivity contribution in [3.8, 4) is 0 Å². The Bertz CT molecular complexity index is 874. The van der Waals surface area contributed by atoms with E-state index in [9.17, 15) is 19.5 Å². The average molecular weight is 331 g/mol. The molecule has 2 aromatic rings. The van der Waals surface area contributed by atoms with Gasteiger partial charge < -0.3 is 19.9 Å². The number of H-pyrrole nitrogens is 1. The first-order valence-corrected chi connectivity index (χ1v) is 6.91. The number of carboxylic acid groups (broad SMARTS) is 1. The van der Waals surface area contributed by atoms with Gasteiger partial charge in [0, 0.05) is 31.1 Å². The Morgan fingerprint density at radius 1 is 1.29 bits per heavy atom. The molecule has 1 aromatic carbocycles. The minimum absolute atomic E-state index is 0.000769. The van der Waals surface area contributed by atoms with Gasteiger partial charge in [-0.25, -0.2) is 14.4 Å². The standard InChI is InChI=1S/C15H13N3O6/c1-15(2)23-13(21)10(14(22)24-15)6-16-8-3-7-5-17-18-11(7)9(4-8)12(19)20/h3-6,16H,1-2H3,(H,17,18)(H,19,20). The molecule has 0 saturated carbocycles. The quantitative estimate of drug-likeness (QED) is 0.437. The van der Waals surface area contributed by atoms with Gasteiger partial charge in [0.05, 0.1) is 17.3 Å². The maximum atomic E-state index is 11.8. The van der Waals surface area contributed by atoms with Crippen LogP contribution in [-0.2, 0) is 19.1 Å². The van der Waals surface area contributed by atoms with Crippen LogP contribution in [0.4, 0.5) is 5.69 Å². The van der Waals surface area contributed by atoms with Crippen molar-refractivity contribution in [2.24, 2.45) is 0 Å². The molecule has 1 aromatic heterocycles. The van der Waals surface area contributed by atoms with E-state index >= 15 is 0 Å². The molecule has 9 nitrogen and oxygen atoms in total. The minimum atomic E-state index is -1.32. The number of fused-ring (bicyclic) bond motifs is 1. The van der Waals surface area contributed by atoms with Crippen molar-refractivity contribution in [2.75, 3.05) is 5.32 Å². The molecule has 0 radical (unpaired) electrons. The number of carboxylic acids is 1. The van der Waals surface area contributed by atoms with E-state index in [0.29, 0.717) is 16.6 Å². The van der Waals surface area contributed by atoms with E-state index in [-0.39, 0.29) is 11.1 Å². The van der Waals surface area contributed by atoms with Crippen LogP contribution in [-0.4, -0.2) is 39.0 Å². The predicted octanol–water partition coefficient (Wildman–Crippen LogP) is 1.39. The predicted molar refractivity (Wildman–Crippen MR) is 81.0 cm³/mol. The van der Waals surface area contributed by atoms with Gasteiger partial charge in [-0.3, -0.25) is 5.10 Å². The van der Waals surface area contributed by atoms with E-state index < -0.39 is 23.7 Å². The molecule has 0 unspecified atom stereocenters. The maximum absolute atomic E-state index is 11.8. The van der Waals surface area contributed by atoms with Crippen LogP contribution in [0.5, 0.6) is 0 Å². The molecule has 24 heavy (non-hydrogen) atoms. The molecule has 1 aliphatic heterocycles. The largest absolute Gasteiger partial charge is 0.478 e. The molecule has 3 rings (SSSR count). The third-order valence-corrected chi connectivity index (χ3v) is 3.28. The number of aromatic amines is 1. The van der Waals surface area contributed by atoms with Crippen LogP contribution >= 0.6 is 0 Å². The number of nitrogens with zero attached hydrogens (tertiary/aromatic N) is 1. The van der Waals surface area contributed by atoms with Gasteiger partial charge >= 0.3 is 17.9 Å². The van der Waals surface area contributed by atoms with Crippen LogP contribution in [0.25, 0.3) is 10.9 Å². The van der Waals surface area contributed by atoms with Crippen LogP contribution in [0.1, 0.15) is 24.2 Å². The number of aromatic carboxylic acids is 1. The Hall–Kier alpha value is -3.36. The van der Waals surface area contributed by atoms with Gasteiger partial charge in [-0.1, -0.05) is 0 Å². The molecular weight excluding hydrogens is 318 g/mol. The molecule has 124 valence electrons. The normalized spacial score (nSPS) is 16.5. The first kappa shape index (κ1) is 15.5. The summed E-state index contributed by atoms with van der Waals surface area (Å²) in [7, 11) is 0. The number of carbonyl (C=O) groups excluding carboxylic acids is 2. The monoisotopic (exact) mass is 331 g/mol. The molecule has 9 heteroatoms. The van der Waals surface area contributed by atoms with Crippen LogP contribution in [0.3, 0.4) is 0 Å². The highest BCUT2D eigenvalue weighted by Crippen LogP contribution is 2.25. The molecular formula is C15H13N3O6. The maximum Gasteiger partial charge on any atom is 0.350 e. The van der Waals surface area contributed by atoms with Crippen molar-refractivity contribution in [2.45, 2.75) is 19.6 Å². The average Bonchev–Trinajstić information content (AvgIpc) is 2.92. The van der Waals surface area contributed by atoms with Gasteiger partial charge in [-0.15, -0.1) is 0 Å². The summed E-state index contributed by atoms with van der Waals surface area (Å²) >= 11 is 0. The molecule has 0 amide bonds. The first-order valence-electron chi connectivity index (χ1n) is 6.91. The van der Waals surface area contributed by atoms with Crippen molar-refractivity contribution in [3.05, 3.63) is 35.7 Å². The molecule has 0 atom stereocenters. The summed E-state index contributed by atoms with van der Waals surface area (Å²) in [5, 5.41) is 18.9. The topological polar surface area (TPSA) is 131 Å². The molecule has 1 fully saturated rings. The lowest BCUT2D eigenvalue weighted by Crippen LogP contribution is -2.42. The molecule has 3 N–H and O–H groups in total. The zero-order valence-corrected chi connectivity index (χ0v) is 12.7. The highest BCUT2D eigenvalue weighted by Gasteiger charge is 2.38. The second-order valence-electron chi connectivity index (χ2n) is 5.54. The summed E-state index contributed by atoms with van der Waals surface area (Å²) < 4.78 is 9.93. The molecule has 1 saturated heterocycles. The van der Waals surface area contributed by atoms with Gasteiger partial charge in [0.15, 0.2) is 5.57 Å². The zero-order valence-electron chi connectivity index (χ0n) is 12.7. The Morgan fingerprint density at radius 2 is 1.96 bits per heavy atom. The fourth-order valence-electron chi connectivity index (χ4n) is 2.24. The van der Waals surface area contributed by atoms with Gasteiger partial charge in [-0.05, 0) is 12.1 Å². The number of hydrogen-bond acceptors (Lipinski definition) is 7. The van der Waals surface area contributed by atoms with E-state index in [1.54, 1.807) is 6.07 Å². The highest BCUT2D eigenvalue weighted by atomic mass is 16.7. The molecule has 2 heterocycles. The first-order chi connectivity index (χ1) is 11.3. The lowest BCUT2D eigenvalue weighted by molar-refractivity contribution is -0.222. The van der Waals surface area contributed by atoms with Crippen molar-refractivity contribution in [3.63, 3.8) is 0 Å². The smallest absolute Gasteiger partial charge is 0.350 e. The van der Waals surface area contributed by atoms with Gasteiger partial charge in [0.2, 0.25) is 0 Å². The number of benzene rings is 1. The summed E-state index contributed by atoms with van der Waals surface area (Å²) in [6, 6.07) is 2.97. The van der Waals surface area contributed by atoms with E-state index in [1.165, 1.54) is 26.1 Å². The summed E-state index contributed by atoms with van der Waals surface area (Å²) in [4.78, 5) is 35.0. The highest BCUT2D eigenvalue weighted by molar-refractivity contribution is 6.15. The number of ether oxygens (including phenoxy) is 2.